The molecule has 0 atom stereocenters. The Balaban J connectivity index is 1.85. The predicted octanol–water partition coefficient (Wildman–Crippen LogP) is 0.819. The van der Waals surface area contributed by atoms with E-state index < -0.39 is 5.97 Å². The maximum atomic E-state index is 12.8. The van der Waals surface area contributed by atoms with Crippen molar-refractivity contribution >= 4 is 22.9 Å². The molecule has 10 heteroatoms. The summed E-state index contributed by atoms with van der Waals surface area (Å²) in [4.78, 5) is 36.1. The van der Waals surface area contributed by atoms with Gasteiger partial charge in [0.2, 0.25) is 5.78 Å². The predicted molar refractivity (Wildman–Crippen MR) is 92.6 cm³/mol. The van der Waals surface area contributed by atoms with Gasteiger partial charge in [0.1, 0.15) is 12.4 Å². The molecule has 4 rings (SSSR count). The SMILES string of the molecule is CCCn1c(=O)c2[nH]c(-c3cnn(CC(=O)OC)c3)nc2n2ccnc12. The highest BCUT2D eigenvalue weighted by molar-refractivity contribution is 5.77. The molecule has 26 heavy (non-hydrogen) atoms. The number of aromatic nitrogens is 7. The van der Waals surface area contributed by atoms with Gasteiger partial charge in [0.15, 0.2) is 11.2 Å². The van der Waals surface area contributed by atoms with Crippen LogP contribution in [-0.2, 0) is 22.6 Å². The third kappa shape index (κ3) is 2.46. The maximum Gasteiger partial charge on any atom is 0.327 e. The minimum atomic E-state index is -0.396. The fraction of sp³-hybridized carbons (Fsp3) is 0.312. The molecule has 10 nitrogen and oxygen atoms in total. The van der Waals surface area contributed by atoms with Gasteiger partial charge in [-0.25, -0.2) is 9.97 Å². The zero-order chi connectivity index (χ0) is 18.3. The van der Waals surface area contributed by atoms with Crippen LogP contribution in [0.5, 0.6) is 0 Å². The van der Waals surface area contributed by atoms with Gasteiger partial charge in [-0.2, -0.15) is 5.10 Å². The van der Waals surface area contributed by atoms with Gasteiger partial charge in [-0.15, -0.1) is 0 Å². The van der Waals surface area contributed by atoms with Gasteiger partial charge >= 0.3 is 5.97 Å². The number of hydrogen-bond acceptors (Lipinski definition) is 6. The highest BCUT2D eigenvalue weighted by Crippen LogP contribution is 2.19. The molecule has 0 bridgehead atoms. The number of rotatable bonds is 5. The number of H-pyrrole nitrogens is 1. The number of carbonyl (C=O) groups is 1. The Hall–Kier alpha value is -3.43. The average molecular weight is 355 g/mol. The molecular weight excluding hydrogens is 338 g/mol. The van der Waals surface area contributed by atoms with Gasteiger partial charge in [0, 0.05) is 25.1 Å². The molecule has 0 unspecified atom stereocenters. The van der Waals surface area contributed by atoms with Crippen molar-refractivity contribution in [3.05, 3.63) is 35.1 Å². The molecule has 0 aromatic carbocycles. The molecule has 0 amide bonds. The Labute approximate surface area is 147 Å². The Morgan fingerprint density at radius 2 is 2.23 bits per heavy atom. The van der Waals surface area contributed by atoms with Crippen LogP contribution in [0.15, 0.2) is 29.6 Å². The Morgan fingerprint density at radius 3 is 3.00 bits per heavy atom. The monoisotopic (exact) mass is 355 g/mol. The molecule has 1 N–H and O–H groups in total. The first kappa shape index (κ1) is 16.1. The molecule has 4 aromatic rings. The number of imidazole rings is 2. The van der Waals surface area contributed by atoms with E-state index in [-0.39, 0.29) is 12.1 Å². The van der Waals surface area contributed by atoms with E-state index in [2.05, 4.69) is 24.8 Å². The minimum absolute atomic E-state index is 0.00575. The first-order valence-corrected chi connectivity index (χ1v) is 8.17. The lowest BCUT2D eigenvalue weighted by molar-refractivity contribution is -0.141. The van der Waals surface area contributed by atoms with Gasteiger partial charge < -0.3 is 9.72 Å². The third-order valence-corrected chi connectivity index (χ3v) is 4.11. The number of nitrogens with one attached hydrogen (secondary N) is 1. The van der Waals surface area contributed by atoms with E-state index in [1.165, 1.54) is 11.8 Å². The zero-order valence-electron chi connectivity index (χ0n) is 14.3. The van der Waals surface area contributed by atoms with E-state index >= 15 is 0 Å². The van der Waals surface area contributed by atoms with Gasteiger partial charge in [0.25, 0.3) is 5.56 Å². The second-order valence-corrected chi connectivity index (χ2v) is 5.84. The highest BCUT2D eigenvalue weighted by atomic mass is 16.5. The lowest BCUT2D eigenvalue weighted by Gasteiger charge is -2.05. The molecule has 0 aliphatic heterocycles. The number of fused-ring (bicyclic) bond motifs is 3. The largest absolute Gasteiger partial charge is 0.468 e. The van der Waals surface area contributed by atoms with E-state index in [1.807, 2.05) is 6.92 Å². The number of hydrogen-bond donors (Lipinski definition) is 1. The lowest BCUT2D eigenvalue weighted by Crippen LogP contribution is -2.23. The summed E-state index contributed by atoms with van der Waals surface area (Å²) in [5.74, 6) is 0.660. The van der Waals surface area contributed by atoms with E-state index in [4.69, 9.17) is 0 Å². The van der Waals surface area contributed by atoms with Crippen LogP contribution >= 0.6 is 0 Å². The Kier molecular flexibility index (Phi) is 3.79. The van der Waals surface area contributed by atoms with Crippen LogP contribution in [0.2, 0.25) is 0 Å². The minimum Gasteiger partial charge on any atom is -0.468 e. The molecule has 0 aliphatic carbocycles. The second-order valence-electron chi connectivity index (χ2n) is 5.84. The second kappa shape index (κ2) is 6.14. The number of methoxy groups -OCH3 is 1. The highest BCUT2D eigenvalue weighted by Gasteiger charge is 2.17. The van der Waals surface area contributed by atoms with E-state index in [0.29, 0.717) is 34.9 Å². The van der Waals surface area contributed by atoms with Crippen molar-refractivity contribution in [2.24, 2.45) is 0 Å². The third-order valence-electron chi connectivity index (χ3n) is 4.11. The van der Waals surface area contributed by atoms with Gasteiger partial charge in [0.05, 0.1) is 18.9 Å². The zero-order valence-corrected chi connectivity index (χ0v) is 14.3. The number of carbonyl (C=O) groups excluding carboxylic acids is 1. The first-order valence-electron chi connectivity index (χ1n) is 8.17. The summed E-state index contributed by atoms with van der Waals surface area (Å²) in [5.41, 5.74) is 1.41. The quantitative estimate of drug-likeness (QED) is 0.530. The lowest BCUT2D eigenvalue weighted by atomic mass is 10.3. The number of nitrogens with zero attached hydrogens (tertiary/aromatic N) is 6. The van der Waals surface area contributed by atoms with Gasteiger partial charge in [-0.1, -0.05) is 6.92 Å². The smallest absolute Gasteiger partial charge is 0.327 e. The number of aryl methyl sites for hydroxylation is 1. The van der Waals surface area contributed by atoms with Crippen LogP contribution in [0.25, 0.3) is 28.3 Å². The standard InChI is InChI=1S/C16H17N7O3/c1-3-5-23-15(25)12-14(22-6-4-17-16(22)23)20-13(19-12)10-7-18-21(8-10)9-11(24)26-2/h4,6-8H,3,5,9H2,1-2H3,(H,19,20). The first-order chi connectivity index (χ1) is 12.6. The van der Waals surface area contributed by atoms with E-state index in [0.717, 1.165) is 6.42 Å². The van der Waals surface area contributed by atoms with E-state index in [1.54, 1.807) is 33.8 Å². The molecular formula is C16H17N7O3. The fourth-order valence-electron chi connectivity index (χ4n) is 2.90. The molecule has 4 aromatic heterocycles. The summed E-state index contributed by atoms with van der Waals surface area (Å²) in [7, 11) is 1.32. The maximum absolute atomic E-state index is 12.8. The van der Waals surface area contributed by atoms with Crippen molar-refractivity contribution in [1.29, 1.82) is 0 Å². The van der Waals surface area contributed by atoms with Crippen LogP contribution in [-0.4, -0.2) is 46.8 Å². The molecule has 0 aliphatic rings. The topological polar surface area (TPSA) is 112 Å². The van der Waals surface area contributed by atoms with Crippen LogP contribution in [0, 0.1) is 0 Å². The van der Waals surface area contributed by atoms with Crippen molar-refractivity contribution < 1.29 is 9.53 Å². The molecule has 0 radical (unpaired) electrons. The summed E-state index contributed by atoms with van der Waals surface area (Å²) >= 11 is 0. The van der Waals surface area contributed by atoms with Gasteiger partial charge in [-0.3, -0.25) is 23.2 Å². The summed E-state index contributed by atoms with van der Waals surface area (Å²) in [6, 6.07) is 0. The average Bonchev–Trinajstić information content (AvgIpc) is 3.36. The van der Waals surface area contributed by atoms with Crippen LogP contribution in [0.4, 0.5) is 0 Å². The van der Waals surface area contributed by atoms with Crippen LogP contribution < -0.4 is 5.56 Å². The van der Waals surface area contributed by atoms with Crippen molar-refractivity contribution in [2.75, 3.05) is 7.11 Å². The van der Waals surface area contributed by atoms with Crippen molar-refractivity contribution in [1.82, 2.24) is 33.7 Å². The number of esters is 1. The van der Waals surface area contributed by atoms with E-state index in [9.17, 15) is 9.59 Å². The fourth-order valence-corrected chi connectivity index (χ4v) is 2.90. The Bertz CT molecular complexity index is 1160. The summed E-state index contributed by atoms with van der Waals surface area (Å²) in [5, 5.41) is 4.13. The summed E-state index contributed by atoms with van der Waals surface area (Å²) < 4.78 is 9.50. The molecule has 4 heterocycles. The molecule has 134 valence electrons. The van der Waals surface area contributed by atoms with Crippen molar-refractivity contribution in [3.63, 3.8) is 0 Å². The van der Waals surface area contributed by atoms with Crippen LogP contribution in [0.3, 0.4) is 0 Å². The number of aromatic amines is 1. The van der Waals surface area contributed by atoms with Gasteiger partial charge in [-0.05, 0) is 6.42 Å². The Morgan fingerprint density at radius 1 is 1.38 bits per heavy atom. The number of ether oxygens (including phenoxy) is 1. The summed E-state index contributed by atoms with van der Waals surface area (Å²) in [6.07, 6.45) is 7.48. The molecule has 0 saturated carbocycles. The normalized spacial score (nSPS) is 11.5. The van der Waals surface area contributed by atoms with Crippen molar-refractivity contribution in [3.8, 4) is 11.4 Å². The molecule has 0 saturated heterocycles. The van der Waals surface area contributed by atoms with Crippen LogP contribution in [0.1, 0.15) is 13.3 Å². The van der Waals surface area contributed by atoms with Crippen molar-refractivity contribution in [2.45, 2.75) is 26.4 Å². The molecule has 0 fully saturated rings. The molecule has 0 spiro atoms. The summed E-state index contributed by atoms with van der Waals surface area (Å²) in [6.45, 7) is 2.58.